The van der Waals surface area contributed by atoms with Crippen molar-refractivity contribution in [3.8, 4) is 33.0 Å². The lowest BCUT2D eigenvalue weighted by molar-refractivity contribution is 0.0954. The molecule has 0 saturated heterocycles. The minimum atomic E-state index is -0.0812. The molecule has 0 aliphatic carbocycles. The third kappa shape index (κ3) is 5.65. The standard InChI is InChI=1S/C29H21Cl2N3OS/c30-25-12-11-24(16-26(25)31)27-18-36-29(34-27)23-9-5-21(6-10-23)20-3-7-22(8-4-20)28(35)33-15-13-19-2-1-14-32-17-19/h1-12,14,16-18H,13,15H2,(H,33,35). The smallest absolute Gasteiger partial charge is 0.251 e. The van der Waals surface area contributed by atoms with Crippen molar-refractivity contribution in [2.24, 2.45) is 0 Å². The topological polar surface area (TPSA) is 54.9 Å². The highest BCUT2D eigenvalue weighted by molar-refractivity contribution is 7.13. The molecule has 1 amide bonds. The van der Waals surface area contributed by atoms with E-state index in [1.54, 1.807) is 23.6 Å². The number of amides is 1. The van der Waals surface area contributed by atoms with Crippen molar-refractivity contribution >= 4 is 40.4 Å². The Bertz CT molecular complexity index is 1480. The summed E-state index contributed by atoms with van der Waals surface area (Å²) in [6, 6.07) is 25.3. The van der Waals surface area contributed by atoms with Gasteiger partial charge in [0.05, 0.1) is 15.7 Å². The van der Waals surface area contributed by atoms with Crippen LogP contribution < -0.4 is 5.32 Å². The van der Waals surface area contributed by atoms with E-state index in [2.05, 4.69) is 34.6 Å². The number of aromatic nitrogens is 2. The van der Waals surface area contributed by atoms with Crippen molar-refractivity contribution in [1.29, 1.82) is 0 Å². The number of pyridine rings is 1. The SMILES string of the molecule is O=C(NCCc1cccnc1)c1ccc(-c2ccc(-c3nc(-c4ccc(Cl)c(Cl)c4)cs3)cc2)cc1. The summed E-state index contributed by atoms with van der Waals surface area (Å²) in [7, 11) is 0. The van der Waals surface area contributed by atoms with E-state index in [0.29, 0.717) is 22.2 Å². The number of hydrogen-bond acceptors (Lipinski definition) is 4. The van der Waals surface area contributed by atoms with E-state index in [1.807, 2.05) is 60.1 Å². The van der Waals surface area contributed by atoms with Crippen molar-refractivity contribution in [2.75, 3.05) is 6.54 Å². The second-order valence-corrected chi connectivity index (χ2v) is 9.86. The summed E-state index contributed by atoms with van der Waals surface area (Å²) in [5.41, 5.74) is 6.70. The maximum absolute atomic E-state index is 12.5. The molecule has 2 aromatic heterocycles. The van der Waals surface area contributed by atoms with Gasteiger partial charge in [0.2, 0.25) is 0 Å². The lowest BCUT2D eigenvalue weighted by Gasteiger charge is -2.07. The Labute approximate surface area is 223 Å². The van der Waals surface area contributed by atoms with Gasteiger partial charge < -0.3 is 5.32 Å². The van der Waals surface area contributed by atoms with E-state index < -0.39 is 0 Å². The van der Waals surface area contributed by atoms with Gasteiger partial charge in [-0.2, -0.15) is 0 Å². The molecule has 36 heavy (non-hydrogen) atoms. The molecule has 0 spiro atoms. The first kappa shape index (κ1) is 24.2. The zero-order valence-electron chi connectivity index (χ0n) is 19.1. The number of thiazole rings is 1. The van der Waals surface area contributed by atoms with E-state index in [9.17, 15) is 4.79 Å². The van der Waals surface area contributed by atoms with Crippen LogP contribution in [0, 0.1) is 0 Å². The highest BCUT2D eigenvalue weighted by Crippen LogP contribution is 2.33. The average molecular weight is 530 g/mol. The van der Waals surface area contributed by atoms with Gasteiger partial charge in [-0.15, -0.1) is 11.3 Å². The summed E-state index contributed by atoms with van der Waals surface area (Å²) in [5, 5.41) is 6.96. The van der Waals surface area contributed by atoms with E-state index >= 15 is 0 Å². The molecular weight excluding hydrogens is 509 g/mol. The maximum atomic E-state index is 12.5. The molecule has 0 aliphatic rings. The van der Waals surface area contributed by atoms with Crippen molar-refractivity contribution in [3.63, 3.8) is 0 Å². The molecule has 0 unspecified atom stereocenters. The first-order valence-electron chi connectivity index (χ1n) is 11.4. The summed E-state index contributed by atoms with van der Waals surface area (Å²) >= 11 is 13.8. The molecule has 7 heteroatoms. The van der Waals surface area contributed by atoms with Crippen LogP contribution in [0.25, 0.3) is 33.0 Å². The van der Waals surface area contributed by atoms with E-state index in [0.717, 1.165) is 44.9 Å². The van der Waals surface area contributed by atoms with Gasteiger partial charge in [0.15, 0.2) is 0 Å². The lowest BCUT2D eigenvalue weighted by atomic mass is 10.0. The first-order valence-corrected chi connectivity index (χ1v) is 13.0. The fourth-order valence-corrected chi connectivity index (χ4v) is 4.92. The molecule has 0 fully saturated rings. The molecule has 0 saturated carbocycles. The molecule has 4 nitrogen and oxygen atoms in total. The zero-order valence-corrected chi connectivity index (χ0v) is 21.4. The molecule has 2 heterocycles. The quantitative estimate of drug-likeness (QED) is 0.233. The Balaban J connectivity index is 1.22. The van der Waals surface area contributed by atoms with Crippen LogP contribution in [-0.2, 0) is 6.42 Å². The summed E-state index contributed by atoms with van der Waals surface area (Å²) < 4.78 is 0. The summed E-state index contributed by atoms with van der Waals surface area (Å²) in [5.74, 6) is -0.0812. The van der Waals surface area contributed by atoms with Gasteiger partial charge >= 0.3 is 0 Å². The number of hydrogen-bond donors (Lipinski definition) is 1. The predicted molar refractivity (Wildman–Crippen MR) is 149 cm³/mol. The normalized spacial score (nSPS) is 10.8. The van der Waals surface area contributed by atoms with Gasteiger partial charge in [-0.05, 0) is 53.4 Å². The van der Waals surface area contributed by atoms with E-state index in [1.165, 1.54) is 0 Å². The second kappa shape index (κ2) is 11.0. The van der Waals surface area contributed by atoms with Gasteiger partial charge in [-0.25, -0.2) is 4.98 Å². The number of nitrogens with zero attached hydrogens (tertiary/aromatic N) is 2. The van der Waals surface area contributed by atoms with Crippen LogP contribution in [0.4, 0.5) is 0 Å². The first-order chi connectivity index (χ1) is 17.6. The molecule has 0 radical (unpaired) electrons. The minimum absolute atomic E-state index is 0.0812. The monoisotopic (exact) mass is 529 g/mol. The number of rotatable bonds is 7. The number of nitrogens with one attached hydrogen (secondary N) is 1. The fourth-order valence-electron chi connectivity index (χ4n) is 3.78. The van der Waals surface area contributed by atoms with Crippen molar-refractivity contribution < 1.29 is 4.79 Å². The van der Waals surface area contributed by atoms with Crippen LogP contribution in [0.1, 0.15) is 15.9 Å². The van der Waals surface area contributed by atoms with Crippen LogP contribution in [0.5, 0.6) is 0 Å². The Morgan fingerprint density at radius 2 is 1.53 bits per heavy atom. The molecule has 5 aromatic rings. The lowest BCUT2D eigenvalue weighted by Crippen LogP contribution is -2.25. The molecule has 0 aliphatic heterocycles. The second-order valence-electron chi connectivity index (χ2n) is 8.19. The minimum Gasteiger partial charge on any atom is -0.352 e. The summed E-state index contributed by atoms with van der Waals surface area (Å²) in [6.07, 6.45) is 4.30. The van der Waals surface area contributed by atoms with E-state index in [4.69, 9.17) is 28.2 Å². The summed E-state index contributed by atoms with van der Waals surface area (Å²) in [6.45, 7) is 0.567. The largest absolute Gasteiger partial charge is 0.352 e. The fraction of sp³-hybridized carbons (Fsp3) is 0.0690. The molecule has 0 atom stereocenters. The Hall–Kier alpha value is -3.51. The van der Waals surface area contributed by atoms with Gasteiger partial charge in [0.25, 0.3) is 5.91 Å². The van der Waals surface area contributed by atoms with Crippen molar-refractivity contribution in [1.82, 2.24) is 15.3 Å². The van der Waals surface area contributed by atoms with Crippen LogP contribution in [-0.4, -0.2) is 22.4 Å². The average Bonchev–Trinajstić information content (AvgIpc) is 3.41. The third-order valence-corrected chi connectivity index (χ3v) is 7.38. The van der Waals surface area contributed by atoms with E-state index in [-0.39, 0.29) is 5.91 Å². The van der Waals surface area contributed by atoms with Gasteiger partial charge in [-0.3, -0.25) is 9.78 Å². The number of benzene rings is 3. The maximum Gasteiger partial charge on any atom is 0.251 e. The van der Waals surface area contributed by atoms with Crippen LogP contribution in [0.15, 0.2) is 96.6 Å². The Morgan fingerprint density at radius 3 is 2.22 bits per heavy atom. The zero-order chi connectivity index (χ0) is 24.9. The van der Waals surface area contributed by atoms with Crippen LogP contribution in [0.2, 0.25) is 10.0 Å². The molecule has 3 aromatic carbocycles. The van der Waals surface area contributed by atoms with Crippen molar-refractivity contribution in [2.45, 2.75) is 6.42 Å². The molecular formula is C29H21Cl2N3OS. The predicted octanol–water partition coefficient (Wildman–Crippen LogP) is 7.82. The Morgan fingerprint density at radius 1 is 0.833 bits per heavy atom. The highest BCUT2D eigenvalue weighted by atomic mass is 35.5. The molecule has 0 bridgehead atoms. The van der Waals surface area contributed by atoms with Gasteiger partial charge in [0, 0.05) is 41.0 Å². The summed E-state index contributed by atoms with van der Waals surface area (Å²) in [4.78, 5) is 21.3. The third-order valence-electron chi connectivity index (χ3n) is 5.75. The van der Waals surface area contributed by atoms with Crippen LogP contribution >= 0.6 is 34.5 Å². The highest BCUT2D eigenvalue weighted by Gasteiger charge is 2.10. The molecule has 5 rings (SSSR count). The number of halogens is 2. The van der Waals surface area contributed by atoms with Gasteiger partial charge in [-0.1, -0.05) is 71.7 Å². The Kier molecular flexibility index (Phi) is 7.42. The number of carbonyl (C=O) groups is 1. The molecule has 1 N–H and O–H groups in total. The number of carbonyl (C=O) groups excluding carboxylic acids is 1. The van der Waals surface area contributed by atoms with Gasteiger partial charge in [0.1, 0.15) is 5.01 Å². The van der Waals surface area contributed by atoms with Crippen molar-refractivity contribution in [3.05, 3.63) is 118 Å². The van der Waals surface area contributed by atoms with Crippen LogP contribution in [0.3, 0.4) is 0 Å². The molecule has 178 valence electrons.